The molecule has 2 aromatic rings. The first-order valence-electron chi connectivity index (χ1n) is 8.99. The molecular weight excluding hydrogens is 430 g/mol. The Morgan fingerprint density at radius 2 is 1.61 bits per heavy atom. The summed E-state index contributed by atoms with van der Waals surface area (Å²) >= 11 is 0. The predicted molar refractivity (Wildman–Crippen MR) is 99.0 cm³/mol. The van der Waals surface area contributed by atoms with Crippen LogP contribution in [0.5, 0.6) is 5.75 Å². The number of methoxy groups -OCH3 is 1. The molecule has 1 heterocycles. The molecule has 31 heavy (non-hydrogen) atoms. The van der Waals surface area contributed by atoms with Gasteiger partial charge in [0.1, 0.15) is 5.75 Å². The number of carbonyl (C=O) groups excluding carboxylic acids is 2. The van der Waals surface area contributed by atoms with Crippen molar-refractivity contribution in [2.45, 2.75) is 25.2 Å². The fraction of sp³-hybridized carbons (Fsp3) is 0.300. The maximum absolute atomic E-state index is 13.0. The number of benzene rings is 2. The van der Waals surface area contributed by atoms with Crippen molar-refractivity contribution in [2.24, 2.45) is 0 Å². The molecule has 2 amide bonds. The highest BCUT2D eigenvalue weighted by atomic mass is 19.4. The molecule has 0 aromatic heterocycles. The van der Waals surface area contributed by atoms with Crippen molar-refractivity contribution in [3.05, 3.63) is 53.1 Å². The van der Waals surface area contributed by atoms with Crippen molar-refractivity contribution in [1.29, 1.82) is 0 Å². The zero-order valence-corrected chi connectivity index (χ0v) is 16.0. The van der Waals surface area contributed by atoms with Crippen LogP contribution in [-0.4, -0.2) is 25.5 Å². The second-order valence-corrected chi connectivity index (χ2v) is 6.78. The van der Waals surface area contributed by atoms with E-state index in [0.717, 1.165) is 0 Å². The number of alkyl halides is 6. The van der Waals surface area contributed by atoms with Crippen LogP contribution in [0.2, 0.25) is 0 Å². The van der Waals surface area contributed by atoms with Crippen LogP contribution in [0, 0.1) is 0 Å². The topological polar surface area (TPSA) is 58.6 Å². The Morgan fingerprint density at radius 3 is 2.10 bits per heavy atom. The van der Waals surface area contributed by atoms with Crippen LogP contribution in [-0.2, 0) is 17.1 Å². The molecule has 0 unspecified atom stereocenters. The predicted octanol–water partition coefficient (Wildman–Crippen LogP) is 5.11. The van der Waals surface area contributed by atoms with Crippen molar-refractivity contribution >= 4 is 23.2 Å². The van der Waals surface area contributed by atoms with Gasteiger partial charge in [0.15, 0.2) is 0 Å². The van der Waals surface area contributed by atoms with E-state index in [4.69, 9.17) is 4.74 Å². The molecule has 0 spiro atoms. The smallest absolute Gasteiger partial charge is 0.416 e. The lowest BCUT2D eigenvalue weighted by Crippen LogP contribution is -2.24. The number of nitrogens with one attached hydrogen (secondary N) is 1. The number of nitrogens with zero attached hydrogens (tertiary/aromatic N) is 1. The number of carbonyl (C=O) groups is 2. The highest BCUT2D eigenvalue weighted by molar-refractivity contribution is 6.05. The summed E-state index contributed by atoms with van der Waals surface area (Å²) in [7, 11) is 1.33. The fourth-order valence-electron chi connectivity index (χ4n) is 3.17. The van der Waals surface area contributed by atoms with Gasteiger partial charge in [0.05, 0.1) is 23.9 Å². The Kier molecular flexibility index (Phi) is 5.88. The molecule has 0 saturated carbocycles. The van der Waals surface area contributed by atoms with Crippen LogP contribution in [0.4, 0.5) is 37.7 Å². The molecule has 166 valence electrons. The number of anilines is 2. The molecule has 0 radical (unpaired) electrons. The third kappa shape index (κ3) is 4.92. The van der Waals surface area contributed by atoms with Gasteiger partial charge >= 0.3 is 12.4 Å². The van der Waals surface area contributed by atoms with Gasteiger partial charge < -0.3 is 15.0 Å². The summed E-state index contributed by atoms with van der Waals surface area (Å²) in [4.78, 5) is 25.8. The van der Waals surface area contributed by atoms with Gasteiger partial charge in [-0.2, -0.15) is 26.3 Å². The van der Waals surface area contributed by atoms with E-state index in [9.17, 15) is 35.9 Å². The average Bonchev–Trinajstić information content (AvgIpc) is 3.11. The molecule has 0 aliphatic carbocycles. The minimum absolute atomic E-state index is 0.0539. The van der Waals surface area contributed by atoms with Crippen molar-refractivity contribution < 1.29 is 40.7 Å². The summed E-state index contributed by atoms with van der Waals surface area (Å²) < 4.78 is 83.2. The molecule has 1 N–H and O–H groups in total. The number of ether oxygens (including phenoxy) is 1. The monoisotopic (exact) mass is 446 g/mol. The standard InChI is InChI=1S/C20H16F6N2O3/c1-31-16-10-14(4-5-15(16)28-6-2-3-17(28)29)27-18(30)11-7-12(19(21,22)23)9-13(8-11)20(24,25)26/h4-5,7-10H,2-3,6H2,1H3,(H,27,30). The van der Waals surface area contributed by atoms with Crippen molar-refractivity contribution in [1.82, 2.24) is 0 Å². The molecular formula is C20H16F6N2O3. The lowest BCUT2D eigenvalue weighted by atomic mass is 10.0. The van der Waals surface area contributed by atoms with Gasteiger partial charge in [0, 0.05) is 30.3 Å². The summed E-state index contributed by atoms with van der Waals surface area (Å²) in [5.41, 5.74) is -3.47. The van der Waals surface area contributed by atoms with E-state index >= 15 is 0 Å². The molecule has 3 rings (SSSR count). The SMILES string of the molecule is COc1cc(NC(=O)c2cc(C(F)(F)F)cc(C(F)(F)F)c2)ccc1N1CCCC1=O. The maximum atomic E-state index is 13.0. The summed E-state index contributed by atoms with van der Waals surface area (Å²) in [6.07, 6.45) is -9.09. The highest BCUT2D eigenvalue weighted by Gasteiger charge is 2.37. The molecule has 0 atom stereocenters. The average molecular weight is 446 g/mol. The van der Waals surface area contributed by atoms with Crippen molar-refractivity contribution in [3.8, 4) is 5.75 Å². The number of amides is 2. The number of hydrogen-bond donors (Lipinski definition) is 1. The van der Waals surface area contributed by atoms with E-state index in [1.165, 1.54) is 30.2 Å². The quantitative estimate of drug-likeness (QED) is 0.664. The lowest BCUT2D eigenvalue weighted by Gasteiger charge is -2.20. The Morgan fingerprint density at radius 1 is 1.00 bits per heavy atom. The second kappa shape index (κ2) is 8.12. The third-order valence-electron chi connectivity index (χ3n) is 4.65. The Balaban J connectivity index is 1.91. The summed E-state index contributed by atoms with van der Waals surface area (Å²) in [6, 6.07) is 4.82. The molecule has 1 aliphatic heterocycles. The van der Waals surface area contributed by atoms with Crippen LogP contribution in [0.15, 0.2) is 36.4 Å². The summed E-state index contributed by atoms with van der Waals surface area (Å²) in [5.74, 6) is -1.06. The first-order valence-corrected chi connectivity index (χ1v) is 8.99. The van der Waals surface area contributed by atoms with Crippen LogP contribution in [0.3, 0.4) is 0 Å². The minimum atomic E-state index is -5.07. The highest BCUT2D eigenvalue weighted by Crippen LogP contribution is 2.37. The third-order valence-corrected chi connectivity index (χ3v) is 4.65. The largest absolute Gasteiger partial charge is 0.494 e. The first kappa shape index (κ1) is 22.4. The van der Waals surface area contributed by atoms with Gasteiger partial charge in [0.2, 0.25) is 5.91 Å². The van der Waals surface area contributed by atoms with Gasteiger partial charge in [-0.15, -0.1) is 0 Å². The second-order valence-electron chi connectivity index (χ2n) is 6.78. The van der Waals surface area contributed by atoms with Crippen LogP contribution < -0.4 is 15.0 Å². The zero-order chi connectivity index (χ0) is 23.0. The number of hydrogen-bond acceptors (Lipinski definition) is 3. The van der Waals surface area contributed by atoms with E-state index < -0.39 is 35.0 Å². The molecule has 1 saturated heterocycles. The number of halogens is 6. The minimum Gasteiger partial charge on any atom is -0.494 e. The molecule has 11 heteroatoms. The Bertz CT molecular complexity index is 985. The fourth-order valence-corrected chi connectivity index (χ4v) is 3.17. The van der Waals surface area contributed by atoms with E-state index in [1.54, 1.807) is 0 Å². The molecule has 2 aromatic carbocycles. The molecule has 0 bridgehead atoms. The zero-order valence-electron chi connectivity index (χ0n) is 16.0. The molecule has 1 fully saturated rings. The Labute approximate surface area is 172 Å². The van der Waals surface area contributed by atoms with Gasteiger partial charge in [-0.1, -0.05) is 0 Å². The van der Waals surface area contributed by atoms with E-state index in [1.807, 2.05) is 0 Å². The van der Waals surface area contributed by atoms with E-state index in [0.29, 0.717) is 37.2 Å². The molecule has 5 nitrogen and oxygen atoms in total. The molecule has 1 aliphatic rings. The van der Waals surface area contributed by atoms with Crippen molar-refractivity contribution in [2.75, 3.05) is 23.9 Å². The van der Waals surface area contributed by atoms with Crippen LogP contribution >= 0.6 is 0 Å². The van der Waals surface area contributed by atoms with Crippen LogP contribution in [0.1, 0.15) is 34.3 Å². The first-order chi connectivity index (χ1) is 14.4. The van der Waals surface area contributed by atoms with E-state index in [2.05, 4.69) is 5.32 Å². The Hall–Kier alpha value is -3.24. The van der Waals surface area contributed by atoms with Crippen molar-refractivity contribution in [3.63, 3.8) is 0 Å². The summed E-state index contributed by atoms with van der Waals surface area (Å²) in [6.45, 7) is 0.478. The normalized spacial score (nSPS) is 14.7. The maximum Gasteiger partial charge on any atom is 0.416 e. The summed E-state index contributed by atoms with van der Waals surface area (Å²) in [5, 5.41) is 2.26. The van der Waals surface area contributed by atoms with Gasteiger partial charge in [-0.05, 0) is 36.8 Å². The van der Waals surface area contributed by atoms with E-state index in [-0.39, 0.29) is 23.4 Å². The van der Waals surface area contributed by atoms with Crippen LogP contribution in [0.25, 0.3) is 0 Å². The number of rotatable bonds is 4. The lowest BCUT2D eigenvalue weighted by molar-refractivity contribution is -0.143. The van der Waals surface area contributed by atoms with Gasteiger partial charge in [0.25, 0.3) is 5.91 Å². The van der Waals surface area contributed by atoms with Gasteiger partial charge in [-0.3, -0.25) is 9.59 Å². The van der Waals surface area contributed by atoms with Gasteiger partial charge in [-0.25, -0.2) is 0 Å².